The Morgan fingerprint density at radius 3 is 2.50 bits per heavy atom. The third kappa shape index (κ3) is 2.75. The summed E-state index contributed by atoms with van der Waals surface area (Å²) in [6, 6.07) is 8.61. The van der Waals surface area contributed by atoms with Crippen LogP contribution in [0, 0.1) is 0 Å². The van der Waals surface area contributed by atoms with Crippen LogP contribution >= 0.6 is 11.6 Å². The van der Waals surface area contributed by atoms with Crippen molar-refractivity contribution in [3.8, 4) is 0 Å². The van der Waals surface area contributed by atoms with Crippen LogP contribution < -0.4 is 10.2 Å². The van der Waals surface area contributed by atoms with Gasteiger partial charge in [-0.1, -0.05) is 11.6 Å². The van der Waals surface area contributed by atoms with Crippen molar-refractivity contribution in [2.75, 3.05) is 23.3 Å². The summed E-state index contributed by atoms with van der Waals surface area (Å²) in [4.78, 5) is 6.70. The van der Waals surface area contributed by atoms with Gasteiger partial charge in [-0.3, -0.25) is 0 Å². The summed E-state index contributed by atoms with van der Waals surface area (Å²) >= 11 is 5.97. The first-order chi connectivity index (χ1) is 9.74. The Morgan fingerprint density at radius 2 is 1.90 bits per heavy atom. The molecule has 1 aliphatic heterocycles. The van der Waals surface area contributed by atoms with Crippen LogP contribution in [0.3, 0.4) is 0 Å². The Bertz CT molecular complexity index is 570. The molecule has 0 saturated carbocycles. The van der Waals surface area contributed by atoms with Crippen LogP contribution in [-0.4, -0.2) is 22.6 Å². The molecular weight excluding hydrogens is 272 g/mol. The van der Waals surface area contributed by atoms with Gasteiger partial charge in [-0.05, 0) is 37.1 Å². The summed E-state index contributed by atoms with van der Waals surface area (Å²) in [7, 11) is 1.92. The van der Waals surface area contributed by atoms with Crippen molar-refractivity contribution < 1.29 is 0 Å². The average molecular weight is 291 g/mol. The summed E-state index contributed by atoms with van der Waals surface area (Å²) in [5, 5.41) is 4.03. The number of benzene rings is 1. The van der Waals surface area contributed by atoms with E-state index in [1.54, 1.807) is 6.20 Å². The molecule has 4 nitrogen and oxygen atoms in total. The molecule has 106 valence electrons. The fourth-order valence-electron chi connectivity index (χ4n) is 2.54. The summed E-state index contributed by atoms with van der Waals surface area (Å²) in [6.07, 6.45) is 4.29. The predicted octanol–water partition coefficient (Wildman–Crippen LogP) is 3.29. The van der Waals surface area contributed by atoms with Gasteiger partial charge in [-0.25, -0.2) is 4.98 Å². The van der Waals surface area contributed by atoms with E-state index in [9.17, 15) is 0 Å². The van der Waals surface area contributed by atoms with Crippen LogP contribution in [0.25, 0.3) is 0 Å². The van der Waals surface area contributed by atoms with Gasteiger partial charge in [0, 0.05) is 31.5 Å². The minimum atomic E-state index is 0.659. The number of nitrogens with one attached hydrogen (secondary N) is 1. The van der Waals surface area contributed by atoms with Gasteiger partial charge in [0.05, 0.1) is 12.7 Å². The van der Waals surface area contributed by atoms with E-state index in [2.05, 4.69) is 39.5 Å². The molecule has 0 aliphatic carbocycles. The van der Waals surface area contributed by atoms with Crippen LogP contribution in [0.15, 0.2) is 30.5 Å². The topological polar surface area (TPSA) is 33.1 Å². The monoisotopic (exact) mass is 290 g/mol. The van der Waals surface area contributed by atoms with Gasteiger partial charge < -0.3 is 14.8 Å². The van der Waals surface area contributed by atoms with E-state index < -0.39 is 0 Å². The molecule has 1 N–H and O–H groups in total. The number of nitrogens with zero attached hydrogens (tertiary/aromatic N) is 3. The zero-order valence-electron chi connectivity index (χ0n) is 11.6. The van der Waals surface area contributed by atoms with E-state index in [1.807, 2.05) is 11.6 Å². The Hall–Kier alpha value is -1.68. The van der Waals surface area contributed by atoms with Gasteiger partial charge in [0.15, 0.2) is 0 Å². The first-order valence-electron chi connectivity index (χ1n) is 6.99. The molecule has 0 atom stereocenters. The van der Waals surface area contributed by atoms with Crippen molar-refractivity contribution in [3.63, 3.8) is 0 Å². The second-order valence-corrected chi connectivity index (χ2v) is 5.54. The first kappa shape index (κ1) is 13.3. The van der Waals surface area contributed by atoms with Gasteiger partial charge in [0.2, 0.25) is 0 Å². The van der Waals surface area contributed by atoms with E-state index in [4.69, 9.17) is 11.6 Å². The molecule has 1 aromatic carbocycles. The van der Waals surface area contributed by atoms with Crippen LogP contribution in [-0.2, 0) is 13.6 Å². The molecule has 0 radical (unpaired) electrons. The largest absolute Gasteiger partial charge is 0.378 e. The number of imidazole rings is 1. The smallest absolute Gasteiger partial charge is 0.128 e. The number of hydrogen-bond donors (Lipinski definition) is 1. The molecule has 2 aromatic rings. The molecule has 0 unspecified atom stereocenters. The molecule has 20 heavy (non-hydrogen) atoms. The third-order valence-corrected chi connectivity index (χ3v) is 4.17. The maximum atomic E-state index is 5.97. The predicted molar refractivity (Wildman–Crippen MR) is 83.4 cm³/mol. The van der Waals surface area contributed by atoms with E-state index in [0.717, 1.165) is 11.5 Å². The fourth-order valence-corrected chi connectivity index (χ4v) is 2.68. The molecule has 1 saturated heterocycles. The fraction of sp³-hybridized carbons (Fsp3) is 0.400. The highest BCUT2D eigenvalue weighted by molar-refractivity contribution is 6.29. The lowest BCUT2D eigenvalue weighted by atomic mass is 10.2. The lowest BCUT2D eigenvalue weighted by molar-refractivity contribution is 0.813. The third-order valence-electron chi connectivity index (χ3n) is 3.82. The molecule has 1 aliphatic rings. The zero-order valence-corrected chi connectivity index (χ0v) is 12.4. The second kappa shape index (κ2) is 5.75. The van der Waals surface area contributed by atoms with Gasteiger partial charge >= 0.3 is 0 Å². The SMILES string of the molecule is Cn1c(Cl)cnc1CNc1ccc(N2CCCC2)cc1. The molecule has 0 bridgehead atoms. The Morgan fingerprint density at radius 1 is 1.20 bits per heavy atom. The minimum Gasteiger partial charge on any atom is -0.378 e. The quantitative estimate of drug-likeness (QED) is 0.938. The van der Waals surface area contributed by atoms with E-state index in [1.165, 1.54) is 31.6 Å². The van der Waals surface area contributed by atoms with Crippen LogP contribution in [0.2, 0.25) is 5.15 Å². The normalized spacial score (nSPS) is 14.8. The van der Waals surface area contributed by atoms with Crippen molar-refractivity contribution in [3.05, 3.63) is 41.4 Å². The molecule has 0 spiro atoms. The standard InChI is InChI=1S/C15H19ClN4/c1-19-14(16)10-18-15(19)11-17-12-4-6-13(7-5-12)20-8-2-3-9-20/h4-7,10,17H,2-3,8-9,11H2,1H3. The molecule has 1 fully saturated rings. The average Bonchev–Trinajstić information content (AvgIpc) is 3.10. The van der Waals surface area contributed by atoms with Crippen molar-refractivity contribution in [2.45, 2.75) is 19.4 Å². The van der Waals surface area contributed by atoms with E-state index in [-0.39, 0.29) is 0 Å². The van der Waals surface area contributed by atoms with E-state index in [0.29, 0.717) is 11.7 Å². The zero-order chi connectivity index (χ0) is 13.9. The molecular formula is C15H19ClN4. The summed E-state index contributed by atoms with van der Waals surface area (Å²) < 4.78 is 1.88. The Balaban J connectivity index is 1.62. The summed E-state index contributed by atoms with van der Waals surface area (Å²) in [6.45, 7) is 3.03. The molecule has 3 rings (SSSR count). The maximum Gasteiger partial charge on any atom is 0.128 e. The lowest BCUT2D eigenvalue weighted by Crippen LogP contribution is -2.17. The van der Waals surface area contributed by atoms with Gasteiger partial charge in [-0.15, -0.1) is 0 Å². The highest BCUT2D eigenvalue weighted by Gasteiger charge is 2.11. The van der Waals surface area contributed by atoms with Crippen LogP contribution in [0.5, 0.6) is 0 Å². The highest BCUT2D eigenvalue weighted by Crippen LogP contribution is 2.22. The van der Waals surface area contributed by atoms with Crippen molar-refractivity contribution in [1.29, 1.82) is 0 Å². The minimum absolute atomic E-state index is 0.659. The number of rotatable bonds is 4. The first-order valence-corrected chi connectivity index (χ1v) is 7.37. The molecule has 1 aromatic heterocycles. The Kier molecular flexibility index (Phi) is 3.83. The van der Waals surface area contributed by atoms with Crippen molar-refractivity contribution in [2.24, 2.45) is 7.05 Å². The van der Waals surface area contributed by atoms with Crippen molar-refractivity contribution >= 4 is 23.0 Å². The molecule has 2 heterocycles. The number of halogens is 1. The maximum absolute atomic E-state index is 5.97. The lowest BCUT2D eigenvalue weighted by Gasteiger charge is -2.18. The van der Waals surface area contributed by atoms with Gasteiger partial charge in [0.25, 0.3) is 0 Å². The highest BCUT2D eigenvalue weighted by atomic mass is 35.5. The second-order valence-electron chi connectivity index (χ2n) is 5.15. The number of hydrogen-bond acceptors (Lipinski definition) is 3. The summed E-state index contributed by atoms with van der Waals surface area (Å²) in [5.41, 5.74) is 2.42. The molecule has 0 amide bonds. The van der Waals surface area contributed by atoms with E-state index >= 15 is 0 Å². The van der Waals surface area contributed by atoms with Gasteiger partial charge in [-0.2, -0.15) is 0 Å². The van der Waals surface area contributed by atoms with Crippen molar-refractivity contribution in [1.82, 2.24) is 9.55 Å². The van der Waals surface area contributed by atoms with Gasteiger partial charge in [0.1, 0.15) is 11.0 Å². The summed E-state index contributed by atoms with van der Waals surface area (Å²) in [5.74, 6) is 0.929. The number of anilines is 2. The molecule has 5 heteroatoms. The Labute approximate surface area is 124 Å². The van der Waals surface area contributed by atoms with Crippen LogP contribution in [0.4, 0.5) is 11.4 Å². The van der Waals surface area contributed by atoms with Crippen LogP contribution in [0.1, 0.15) is 18.7 Å². The number of aromatic nitrogens is 2.